The lowest BCUT2D eigenvalue weighted by Gasteiger charge is -2.44. The largest absolute Gasteiger partial charge is 0.516 e. The average Bonchev–Trinajstić information content (AvgIpc) is 3.21. The predicted octanol–water partition coefficient (Wildman–Crippen LogP) is 8.02. The van der Waals surface area contributed by atoms with Crippen molar-refractivity contribution in [2.45, 2.75) is 54.4 Å². The Morgan fingerprint density at radius 2 is 1.85 bits per heavy atom. The van der Waals surface area contributed by atoms with Crippen molar-refractivity contribution in [3.63, 3.8) is 0 Å². The van der Waals surface area contributed by atoms with E-state index in [1.165, 1.54) is 18.2 Å². The lowest BCUT2D eigenvalue weighted by atomic mass is 9.74. The average molecular weight is 610 g/mol. The predicted molar refractivity (Wildman–Crippen MR) is 139 cm³/mol. The number of thiazole rings is 1. The summed E-state index contributed by atoms with van der Waals surface area (Å²) in [5, 5.41) is 8.23. The lowest BCUT2D eigenvalue weighted by Crippen LogP contribution is -2.41. The molecule has 16 heteroatoms. The minimum atomic E-state index is -5.76. The van der Waals surface area contributed by atoms with E-state index in [1.807, 2.05) is 13.8 Å². The van der Waals surface area contributed by atoms with E-state index in [1.54, 1.807) is 10.8 Å². The summed E-state index contributed by atoms with van der Waals surface area (Å²) >= 11 is 0.682. The molecule has 2 aliphatic heterocycles. The Morgan fingerprint density at radius 3 is 2.54 bits per heavy atom. The molecule has 0 saturated heterocycles. The second kappa shape index (κ2) is 9.51. The Balaban J connectivity index is 1.61. The van der Waals surface area contributed by atoms with Gasteiger partial charge in [-0.15, -0.1) is 10.2 Å². The molecule has 0 spiro atoms. The number of azo groups is 1. The van der Waals surface area contributed by atoms with Gasteiger partial charge < -0.3 is 4.90 Å². The van der Waals surface area contributed by atoms with Crippen LogP contribution in [0.2, 0.25) is 0 Å². The minimum Gasteiger partial charge on any atom is -0.371 e. The molecule has 0 amide bonds. The fourth-order valence-corrected chi connectivity index (χ4v) is 6.87. The second-order valence-electron chi connectivity index (χ2n) is 9.79. The van der Waals surface area contributed by atoms with Gasteiger partial charge in [-0.1, -0.05) is 25.2 Å². The first-order valence-corrected chi connectivity index (χ1v) is 14.8. The van der Waals surface area contributed by atoms with Crippen molar-refractivity contribution >= 4 is 65.5 Å². The zero-order valence-electron chi connectivity index (χ0n) is 20.4. The zero-order chi connectivity index (χ0) is 28.4. The third-order valence-electron chi connectivity index (χ3n) is 6.65. The zero-order valence-corrected chi connectivity index (χ0v) is 22.9. The second-order valence-corrected chi connectivity index (χ2v) is 13.6. The fraction of sp³-hybridized carbons (Fsp3) is 0.435. The third kappa shape index (κ3) is 5.55. The van der Waals surface area contributed by atoms with E-state index in [0.717, 1.165) is 23.3 Å². The molecule has 0 saturated carbocycles. The van der Waals surface area contributed by atoms with Crippen molar-refractivity contribution in [1.82, 2.24) is 4.98 Å². The Labute approximate surface area is 227 Å². The van der Waals surface area contributed by atoms with Crippen molar-refractivity contribution in [2.75, 3.05) is 22.7 Å². The number of alkyl halides is 6. The van der Waals surface area contributed by atoms with Crippen LogP contribution in [0.1, 0.15) is 37.8 Å². The SMILES string of the molecule is CC1(C)CCN2CCCc3c(NS(=O)(=O)C(F)(F)F)c(N=Nc4nc5ccc(SC(F)(F)F)cc5s4)cc1c32. The number of rotatable bonds is 5. The summed E-state index contributed by atoms with van der Waals surface area (Å²) in [5.74, 6) is 0. The van der Waals surface area contributed by atoms with E-state index in [9.17, 15) is 34.8 Å². The number of nitrogens with zero attached hydrogens (tertiary/aromatic N) is 4. The highest BCUT2D eigenvalue weighted by Gasteiger charge is 2.47. The molecule has 0 atom stereocenters. The first kappa shape index (κ1) is 28.0. The van der Waals surface area contributed by atoms with Crippen LogP contribution in [0, 0.1) is 0 Å². The molecule has 3 aromatic rings. The molecule has 3 heterocycles. The van der Waals surface area contributed by atoms with Crippen molar-refractivity contribution in [2.24, 2.45) is 10.2 Å². The summed E-state index contributed by atoms with van der Waals surface area (Å²) in [6, 6.07) is 5.54. The van der Waals surface area contributed by atoms with Crippen molar-refractivity contribution in [3.05, 3.63) is 35.4 Å². The van der Waals surface area contributed by atoms with Crippen molar-refractivity contribution in [1.29, 1.82) is 0 Å². The Bertz CT molecular complexity index is 1580. The number of anilines is 2. The quantitative estimate of drug-likeness (QED) is 0.180. The molecule has 0 aliphatic carbocycles. The highest BCUT2D eigenvalue weighted by atomic mass is 32.2. The van der Waals surface area contributed by atoms with Crippen LogP contribution in [0.25, 0.3) is 10.2 Å². The maximum absolute atomic E-state index is 13.3. The first-order chi connectivity index (χ1) is 18.0. The summed E-state index contributed by atoms with van der Waals surface area (Å²) < 4.78 is 105. The Hall–Kier alpha value is -2.59. The van der Waals surface area contributed by atoms with E-state index < -0.39 is 21.0 Å². The minimum absolute atomic E-state index is 0.0356. The molecule has 1 N–H and O–H groups in total. The van der Waals surface area contributed by atoms with Gasteiger partial charge in [-0.2, -0.15) is 34.8 Å². The first-order valence-electron chi connectivity index (χ1n) is 11.7. The lowest BCUT2D eigenvalue weighted by molar-refractivity contribution is -0.0429. The van der Waals surface area contributed by atoms with Gasteiger partial charge in [-0.25, -0.2) is 4.98 Å². The van der Waals surface area contributed by atoms with Gasteiger partial charge in [0.25, 0.3) is 0 Å². The molecule has 0 fully saturated rings. The maximum Gasteiger partial charge on any atom is 0.516 e. The summed E-state index contributed by atoms with van der Waals surface area (Å²) in [5.41, 5.74) is -8.41. The molecule has 0 unspecified atom stereocenters. The monoisotopic (exact) mass is 609 g/mol. The van der Waals surface area contributed by atoms with Crippen LogP contribution in [0.15, 0.2) is 39.4 Å². The Morgan fingerprint density at radius 1 is 1.10 bits per heavy atom. The van der Waals surface area contributed by atoms with Crippen LogP contribution in [-0.2, 0) is 21.9 Å². The highest BCUT2D eigenvalue weighted by Crippen LogP contribution is 2.51. The van der Waals surface area contributed by atoms with E-state index in [2.05, 4.69) is 20.1 Å². The van der Waals surface area contributed by atoms with E-state index >= 15 is 0 Å². The van der Waals surface area contributed by atoms with Crippen molar-refractivity contribution in [3.8, 4) is 0 Å². The highest BCUT2D eigenvalue weighted by molar-refractivity contribution is 8.00. The number of halogens is 6. The van der Waals surface area contributed by atoms with Gasteiger partial charge in [0.15, 0.2) is 0 Å². The molecule has 39 heavy (non-hydrogen) atoms. The number of hydrogen-bond acceptors (Lipinski definition) is 8. The van der Waals surface area contributed by atoms with Gasteiger partial charge in [0.1, 0.15) is 5.69 Å². The van der Waals surface area contributed by atoms with Crippen LogP contribution in [0.3, 0.4) is 0 Å². The third-order valence-corrected chi connectivity index (χ3v) is 9.36. The van der Waals surface area contributed by atoms with Gasteiger partial charge in [0.2, 0.25) is 5.13 Å². The molecule has 210 valence electrons. The number of sulfonamides is 1. The van der Waals surface area contributed by atoms with Crippen LogP contribution >= 0.6 is 23.1 Å². The summed E-state index contributed by atoms with van der Waals surface area (Å²) in [6.45, 7) is 5.38. The summed E-state index contributed by atoms with van der Waals surface area (Å²) in [6.07, 6.45) is 1.74. The number of nitrogens with one attached hydrogen (secondary N) is 1. The molecular weight excluding hydrogens is 588 g/mol. The van der Waals surface area contributed by atoms with Crippen LogP contribution in [0.4, 0.5) is 48.5 Å². The fourth-order valence-electron chi connectivity index (χ4n) is 4.78. The topological polar surface area (TPSA) is 87.0 Å². The Kier molecular flexibility index (Phi) is 6.81. The maximum atomic E-state index is 13.3. The summed E-state index contributed by atoms with van der Waals surface area (Å²) in [4.78, 5) is 6.25. The smallest absolute Gasteiger partial charge is 0.371 e. The van der Waals surface area contributed by atoms with Gasteiger partial charge in [-0.3, -0.25) is 4.72 Å². The van der Waals surface area contributed by atoms with Crippen LogP contribution < -0.4 is 9.62 Å². The molecule has 0 radical (unpaired) electrons. The van der Waals surface area contributed by atoms with Gasteiger partial charge in [0.05, 0.1) is 15.9 Å². The number of benzene rings is 2. The van der Waals surface area contributed by atoms with Crippen molar-refractivity contribution < 1.29 is 34.8 Å². The van der Waals surface area contributed by atoms with Gasteiger partial charge in [-0.05, 0) is 66.3 Å². The van der Waals surface area contributed by atoms with Crippen LogP contribution in [-0.4, -0.2) is 37.5 Å². The molecule has 2 aromatic carbocycles. The van der Waals surface area contributed by atoms with Gasteiger partial charge in [0, 0.05) is 29.2 Å². The molecule has 7 nitrogen and oxygen atoms in total. The molecule has 1 aromatic heterocycles. The van der Waals surface area contributed by atoms with Crippen LogP contribution in [0.5, 0.6) is 0 Å². The van der Waals surface area contributed by atoms with E-state index in [0.29, 0.717) is 47.4 Å². The van der Waals surface area contributed by atoms with E-state index in [-0.39, 0.29) is 38.6 Å². The van der Waals surface area contributed by atoms with E-state index in [4.69, 9.17) is 0 Å². The number of thioether (sulfide) groups is 1. The van der Waals surface area contributed by atoms with Gasteiger partial charge >= 0.3 is 21.0 Å². The molecule has 5 rings (SSSR count). The molecule has 0 bridgehead atoms. The number of hydrogen-bond donors (Lipinski definition) is 1. The number of fused-ring (bicyclic) bond motifs is 1. The normalized spacial score (nSPS) is 17.6. The molecular formula is C23H21F6N5O2S3. The number of aromatic nitrogens is 1. The summed E-state index contributed by atoms with van der Waals surface area (Å²) in [7, 11) is -5.76. The molecule has 2 aliphatic rings. The standard InChI is InChI=1S/C23H21F6N5O2S3/c1-21(2)7-9-34-8-3-4-13-18(33-39(35,36)23(27,28)29)16(11-14(21)19(13)34)31-32-20-30-15-6-5-12(10-17(15)37-20)38-22(24,25)26/h5-6,10-11,33H,3-4,7-9H2,1-2H3.